The van der Waals surface area contributed by atoms with Crippen LogP contribution in [0.15, 0.2) is 35.4 Å². The molecular weight excluding hydrogens is 603 g/mol. The lowest BCUT2D eigenvalue weighted by atomic mass is 9.87. The van der Waals surface area contributed by atoms with Crippen molar-refractivity contribution in [3.8, 4) is 11.5 Å². The number of ether oxygens (including phenoxy) is 2. The van der Waals surface area contributed by atoms with Crippen molar-refractivity contribution >= 4 is 40.7 Å². The Morgan fingerprint density at radius 1 is 1.24 bits per heavy atom. The zero-order valence-corrected chi connectivity index (χ0v) is 24.7. The van der Waals surface area contributed by atoms with Crippen molar-refractivity contribution in [3.05, 3.63) is 44.6 Å². The van der Waals surface area contributed by atoms with E-state index < -0.39 is 24.2 Å². The SMILES string of the molecule is CCCCCCN(C(=O)C=C(C)C)C1CC(C(=O)NCCO)=CC(Oc2c(I)cc(C=O)cc2OC)C1O. The minimum absolute atomic E-state index is 0.0746. The number of amides is 2. The molecule has 1 aliphatic carbocycles. The fraction of sp³-hybridized carbons (Fsp3) is 0.536. The Balaban J connectivity index is 2.50. The highest BCUT2D eigenvalue weighted by Crippen LogP contribution is 2.37. The van der Waals surface area contributed by atoms with Crippen LogP contribution in [-0.2, 0) is 9.59 Å². The third-order valence-electron chi connectivity index (χ3n) is 6.20. The first-order valence-electron chi connectivity index (χ1n) is 12.9. The molecule has 0 saturated heterocycles. The molecule has 10 heteroatoms. The van der Waals surface area contributed by atoms with Crippen LogP contribution in [0, 0.1) is 3.57 Å². The van der Waals surface area contributed by atoms with E-state index in [1.165, 1.54) is 19.3 Å². The standard InChI is InChI=1S/C28H39IN2O7/c1-5-6-7-8-10-31(25(34)12-18(2)3)22-15-20(28(36)30-9-11-32)16-23(26(22)35)38-27-21(29)13-19(17-33)14-24(27)37-4/h12-14,16-17,22-23,26,32,35H,5-11,15H2,1-4H3,(H,30,36). The van der Waals surface area contributed by atoms with Gasteiger partial charge in [0.2, 0.25) is 11.8 Å². The molecule has 1 aromatic carbocycles. The number of hydrogen-bond donors (Lipinski definition) is 3. The van der Waals surface area contributed by atoms with Crippen molar-refractivity contribution < 1.29 is 34.1 Å². The molecule has 38 heavy (non-hydrogen) atoms. The fourth-order valence-corrected chi connectivity index (χ4v) is 5.07. The smallest absolute Gasteiger partial charge is 0.247 e. The summed E-state index contributed by atoms with van der Waals surface area (Å²) in [7, 11) is 1.45. The van der Waals surface area contributed by atoms with Gasteiger partial charge in [0.15, 0.2) is 11.5 Å². The molecule has 3 N–H and O–H groups in total. The molecule has 3 atom stereocenters. The quantitative estimate of drug-likeness (QED) is 0.123. The normalized spacial score (nSPS) is 18.7. The molecule has 0 bridgehead atoms. The number of aliphatic hydroxyl groups is 2. The Kier molecular flexibility index (Phi) is 13.3. The lowest BCUT2D eigenvalue weighted by Crippen LogP contribution is -2.55. The molecule has 1 aromatic rings. The van der Waals surface area contributed by atoms with Gasteiger partial charge in [0, 0.05) is 36.7 Å². The zero-order chi connectivity index (χ0) is 28.2. The maximum absolute atomic E-state index is 13.3. The van der Waals surface area contributed by atoms with Gasteiger partial charge in [0.05, 0.1) is 23.3 Å². The van der Waals surface area contributed by atoms with Crippen molar-refractivity contribution in [3.63, 3.8) is 0 Å². The molecule has 0 aliphatic heterocycles. The number of methoxy groups -OCH3 is 1. The highest BCUT2D eigenvalue weighted by atomic mass is 127. The second-order valence-corrected chi connectivity index (χ2v) is 10.6. The molecule has 0 spiro atoms. The Bertz CT molecular complexity index is 1040. The van der Waals surface area contributed by atoms with E-state index in [0.29, 0.717) is 39.0 Å². The molecule has 2 amide bonds. The summed E-state index contributed by atoms with van der Waals surface area (Å²) in [4.78, 5) is 39.2. The number of hydrogen-bond acceptors (Lipinski definition) is 7. The molecule has 3 unspecified atom stereocenters. The van der Waals surface area contributed by atoms with Gasteiger partial charge in [-0.3, -0.25) is 14.4 Å². The predicted molar refractivity (Wildman–Crippen MR) is 153 cm³/mol. The highest BCUT2D eigenvalue weighted by Gasteiger charge is 2.40. The van der Waals surface area contributed by atoms with E-state index in [1.54, 1.807) is 17.0 Å². The fourth-order valence-electron chi connectivity index (χ4n) is 4.32. The van der Waals surface area contributed by atoms with Crippen LogP contribution in [0.2, 0.25) is 0 Å². The predicted octanol–water partition coefficient (Wildman–Crippen LogP) is 3.40. The van der Waals surface area contributed by atoms with Crippen LogP contribution >= 0.6 is 22.6 Å². The van der Waals surface area contributed by atoms with Gasteiger partial charge in [-0.2, -0.15) is 0 Å². The van der Waals surface area contributed by atoms with E-state index >= 15 is 0 Å². The minimum Gasteiger partial charge on any atom is -0.493 e. The first-order chi connectivity index (χ1) is 18.2. The van der Waals surface area contributed by atoms with Gasteiger partial charge in [0.25, 0.3) is 0 Å². The van der Waals surface area contributed by atoms with Gasteiger partial charge in [-0.15, -0.1) is 0 Å². The summed E-state index contributed by atoms with van der Waals surface area (Å²) in [6, 6.07) is 2.45. The van der Waals surface area contributed by atoms with Crippen LogP contribution in [0.3, 0.4) is 0 Å². The molecule has 210 valence electrons. The molecular formula is C28H39IN2O7. The lowest BCUT2D eigenvalue weighted by molar-refractivity contribution is -0.133. The number of aldehydes is 1. The Labute approximate surface area is 238 Å². The maximum atomic E-state index is 13.3. The number of unbranched alkanes of at least 4 members (excludes halogenated alkanes) is 3. The van der Waals surface area contributed by atoms with Crippen LogP contribution in [0.1, 0.15) is 63.2 Å². The number of nitrogens with zero attached hydrogens (tertiary/aromatic N) is 1. The summed E-state index contributed by atoms with van der Waals surface area (Å²) in [6.07, 6.45) is 5.59. The molecule has 0 radical (unpaired) electrons. The summed E-state index contributed by atoms with van der Waals surface area (Å²) in [6.45, 7) is 6.07. The third-order valence-corrected chi connectivity index (χ3v) is 7.01. The summed E-state index contributed by atoms with van der Waals surface area (Å²) in [5, 5.41) is 23.4. The summed E-state index contributed by atoms with van der Waals surface area (Å²) in [5.41, 5.74) is 1.59. The van der Waals surface area contributed by atoms with Crippen LogP contribution in [0.5, 0.6) is 11.5 Å². The molecule has 2 rings (SSSR count). The first-order valence-corrected chi connectivity index (χ1v) is 14.0. The number of benzene rings is 1. The van der Waals surface area contributed by atoms with Gasteiger partial charge in [-0.25, -0.2) is 0 Å². The first kappa shape index (κ1) is 31.8. The average molecular weight is 643 g/mol. The second-order valence-electron chi connectivity index (χ2n) is 9.48. The second kappa shape index (κ2) is 15.8. The average Bonchev–Trinajstić information content (AvgIpc) is 2.88. The van der Waals surface area contributed by atoms with Crippen LogP contribution in [0.25, 0.3) is 0 Å². The summed E-state index contributed by atoms with van der Waals surface area (Å²) >= 11 is 2.02. The summed E-state index contributed by atoms with van der Waals surface area (Å²) in [5.74, 6) is -0.00291. The Hall–Kier alpha value is -2.44. The molecule has 0 saturated carbocycles. The van der Waals surface area contributed by atoms with Crippen LogP contribution in [-0.4, -0.2) is 78.3 Å². The van der Waals surface area contributed by atoms with Gasteiger partial charge < -0.3 is 29.9 Å². The van der Waals surface area contributed by atoms with Crippen molar-refractivity contribution in [2.75, 3.05) is 26.8 Å². The Morgan fingerprint density at radius 2 is 1.97 bits per heavy atom. The van der Waals surface area contributed by atoms with E-state index in [0.717, 1.165) is 31.3 Å². The molecule has 9 nitrogen and oxygen atoms in total. The van der Waals surface area contributed by atoms with Crippen LogP contribution < -0.4 is 14.8 Å². The van der Waals surface area contributed by atoms with Crippen molar-refractivity contribution in [1.29, 1.82) is 0 Å². The van der Waals surface area contributed by atoms with Gasteiger partial charge in [0.1, 0.15) is 18.5 Å². The van der Waals surface area contributed by atoms with Crippen molar-refractivity contribution in [2.24, 2.45) is 0 Å². The molecule has 0 heterocycles. The van der Waals surface area contributed by atoms with Crippen molar-refractivity contribution in [1.82, 2.24) is 10.2 Å². The number of carbonyl (C=O) groups excluding carboxylic acids is 3. The van der Waals surface area contributed by atoms with Crippen molar-refractivity contribution in [2.45, 2.75) is 71.1 Å². The highest BCUT2D eigenvalue weighted by molar-refractivity contribution is 14.1. The van der Waals surface area contributed by atoms with E-state index in [9.17, 15) is 24.6 Å². The number of halogens is 1. The number of aliphatic hydroxyl groups excluding tert-OH is 2. The number of carbonyl (C=O) groups is 3. The minimum atomic E-state index is -1.14. The van der Waals surface area contributed by atoms with E-state index in [2.05, 4.69) is 12.2 Å². The zero-order valence-electron chi connectivity index (χ0n) is 22.5. The topological polar surface area (TPSA) is 125 Å². The molecule has 0 aromatic heterocycles. The van der Waals surface area contributed by atoms with Gasteiger partial charge in [-0.1, -0.05) is 31.8 Å². The van der Waals surface area contributed by atoms with E-state index in [1.807, 2.05) is 36.4 Å². The molecule has 0 fully saturated rings. The van der Waals surface area contributed by atoms with E-state index in [4.69, 9.17) is 9.47 Å². The third kappa shape index (κ3) is 8.81. The lowest BCUT2D eigenvalue weighted by Gasteiger charge is -2.40. The Morgan fingerprint density at radius 3 is 2.58 bits per heavy atom. The number of nitrogens with one attached hydrogen (secondary N) is 1. The maximum Gasteiger partial charge on any atom is 0.247 e. The van der Waals surface area contributed by atoms with Gasteiger partial charge in [-0.05, 0) is 61.1 Å². The van der Waals surface area contributed by atoms with E-state index in [-0.39, 0.29) is 25.5 Å². The van der Waals surface area contributed by atoms with Crippen LogP contribution in [0.4, 0.5) is 0 Å². The monoisotopic (exact) mass is 642 g/mol. The number of rotatable bonds is 14. The number of allylic oxidation sites excluding steroid dienone is 1. The molecule has 1 aliphatic rings. The van der Waals surface area contributed by atoms with Gasteiger partial charge >= 0.3 is 0 Å². The largest absolute Gasteiger partial charge is 0.493 e. The summed E-state index contributed by atoms with van der Waals surface area (Å²) < 4.78 is 12.3.